The Morgan fingerprint density at radius 3 is 2.55 bits per heavy atom. The molecule has 0 N–H and O–H groups in total. The van der Waals surface area contributed by atoms with E-state index < -0.39 is 21.1 Å². The number of halogens is 2. The Bertz CT molecular complexity index is 743. The van der Waals surface area contributed by atoms with Crippen LogP contribution in [0, 0.1) is 19.7 Å². The number of benzene rings is 1. The van der Waals surface area contributed by atoms with Crippen molar-refractivity contribution in [2.45, 2.75) is 13.8 Å². The van der Waals surface area contributed by atoms with Crippen molar-refractivity contribution in [2.24, 2.45) is 0 Å². The second-order valence-corrected chi connectivity index (χ2v) is 6.36. The molecule has 108 valence electrons. The molecule has 0 amide bonds. The zero-order valence-electron chi connectivity index (χ0n) is 10.8. The molecule has 1 aromatic heterocycles. The predicted octanol–water partition coefficient (Wildman–Crippen LogP) is 2.53. The Morgan fingerprint density at radius 1 is 1.35 bits per heavy atom. The molecule has 0 unspecified atom stereocenters. The van der Waals surface area contributed by atoms with Crippen molar-refractivity contribution in [1.82, 2.24) is 9.78 Å². The van der Waals surface area contributed by atoms with Gasteiger partial charge in [-0.2, -0.15) is 13.5 Å². The Balaban J connectivity index is 2.38. The van der Waals surface area contributed by atoms with Crippen LogP contribution in [0.5, 0.6) is 5.75 Å². The number of rotatable bonds is 4. The molecule has 8 heteroatoms. The largest absolute Gasteiger partial charge is 0.381 e. The fourth-order valence-electron chi connectivity index (χ4n) is 1.75. The molecular weight excluding hydrogens is 307 g/mol. The van der Waals surface area contributed by atoms with Gasteiger partial charge in [-0.1, -0.05) is 0 Å². The molecule has 0 aliphatic carbocycles. The topological polar surface area (TPSA) is 61.2 Å². The Hall–Kier alpha value is -1.60. The van der Waals surface area contributed by atoms with Gasteiger partial charge in [0.1, 0.15) is 11.4 Å². The third-order valence-electron chi connectivity index (χ3n) is 2.51. The van der Waals surface area contributed by atoms with Gasteiger partial charge in [0.25, 0.3) is 0 Å². The number of nitrogens with zero attached hydrogens (tertiary/aromatic N) is 2. The lowest BCUT2D eigenvalue weighted by Gasteiger charge is -2.08. The minimum atomic E-state index is -3.89. The number of aromatic nitrogens is 2. The summed E-state index contributed by atoms with van der Waals surface area (Å²) in [6.45, 7) is 3.59. The van der Waals surface area contributed by atoms with Crippen LogP contribution in [0.25, 0.3) is 5.69 Å². The van der Waals surface area contributed by atoms with Gasteiger partial charge in [0, 0.05) is 11.8 Å². The molecule has 0 spiro atoms. The average Bonchev–Trinajstić information content (AvgIpc) is 2.68. The molecule has 0 bridgehead atoms. The van der Waals surface area contributed by atoms with Crippen molar-refractivity contribution in [2.75, 3.05) is 5.21 Å². The number of aryl methyl sites for hydroxylation is 2. The zero-order chi connectivity index (χ0) is 14.9. The summed E-state index contributed by atoms with van der Waals surface area (Å²) >= 11 is 5.21. The van der Waals surface area contributed by atoms with Gasteiger partial charge in [-0.3, -0.25) is 0 Å². The highest BCUT2D eigenvalue weighted by molar-refractivity contribution is 7.88. The minimum Gasteiger partial charge on any atom is -0.381 e. The lowest BCUT2D eigenvalue weighted by molar-refractivity contribution is 0.487. The van der Waals surface area contributed by atoms with Crippen LogP contribution in [-0.4, -0.2) is 23.4 Å². The third-order valence-corrected chi connectivity index (χ3v) is 4.03. The van der Waals surface area contributed by atoms with Crippen molar-refractivity contribution in [3.05, 3.63) is 41.5 Å². The minimum absolute atomic E-state index is 0.131. The van der Waals surface area contributed by atoms with E-state index in [1.165, 1.54) is 16.8 Å². The van der Waals surface area contributed by atoms with Crippen LogP contribution in [0.2, 0.25) is 0 Å². The molecule has 2 rings (SSSR count). The average molecular weight is 319 g/mol. The second-order valence-electron chi connectivity index (χ2n) is 4.20. The number of hydrogen-bond acceptors (Lipinski definition) is 4. The van der Waals surface area contributed by atoms with Crippen LogP contribution in [0.4, 0.5) is 4.39 Å². The van der Waals surface area contributed by atoms with E-state index in [1.807, 2.05) is 6.07 Å². The molecule has 0 aliphatic heterocycles. The summed E-state index contributed by atoms with van der Waals surface area (Å²) in [5.74, 6) is -0.771. The van der Waals surface area contributed by atoms with Crippen molar-refractivity contribution in [3.8, 4) is 11.4 Å². The normalized spacial score (nSPS) is 11.6. The van der Waals surface area contributed by atoms with E-state index in [4.69, 9.17) is 11.6 Å². The number of hydrogen-bond donors (Lipinski definition) is 0. The molecule has 0 saturated carbocycles. The quantitative estimate of drug-likeness (QED) is 0.642. The van der Waals surface area contributed by atoms with Gasteiger partial charge >= 0.3 is 10.1 Å². The molecule has 0 aliphatic rings. The standard InChI is InChI=1S/C12H12ClFN2O3S/c1-8-5-9(2)16(15-8)12-4-3-10(6-11(12)14)19-20(17,18)7-13/h3-6H,7H2,1-2H3. The van der Waals surface area contributed by atoms with Crippen LogP contribution in [0.3, 0.4) is 0 Å². The lowest BCUT2D eigenvalue weighted by atomic mass is 10.3. The van der Waals surface area contributed by atoms with Crippen LogP contribution < -0.4 is 4.18 Å². The Labute approximate surface area is 121 Å². The van der Waals surface area contributed by atoms with Gasteiger partial charge in [0.05, 0.1) is 5.69 Å². The molecule has 2 aromatic rings. The zero-order valence-corrected chi connectivity index (χ0v) is 12.4. The van der Waals surface area contributed by atoms with E-state index in [-0.39, 0.29) is 11.4 Å². The molecule has 1 heterocycles. The van der Waals surface area contributed by atoms with Crippen molar-refractivity contribution < 1.29 is 17.0 Å². The summed E-state index contributed by atoms with van der Waals surface area (Å²) in [7, 11) is -3.89. The van der Waals surface area contributed by atoms with Crippen molar-refractivity contribution in [1.29, 1.82) is 0 Å². The van der Waals surface area contributed by atoms with E-state index in [0.717, 1.165) is 17.5 Å². The summed E-state index contributed by atoms with van der Waals surface area (Å²) in [6, 6.07) is 5.53. The summed E-state index contributed by atoms with van der Waals surface area (Å²) in [5, 5.41) is 3.46. The highest BCUT2D eigenvalue weighted by Crippen LogP contribution is 2.22. The molecular formula is C12H12ClFN2O3S. The van der Waals surface area contributed by atoms with Crippen molar-refractivity contribution in [3.63, 3.8) is 0 Å². The van der Waals surface area contributed by atoms with Gasteiger partial charge in [-0.05, 0) is 32.0 Å². The summed E-state index contributed by atoms with van der Waals surface area (Å²) in [5.41, 5.74) is 1.74. The molecule has 5 nitrogen and oxygen atoms in total. The first-order chi connectivity index (χ1) is 9.32. The van der Waals surface area contributed by atoms with Gasteiger partial charge in [0.15, 0.2) is 11.0 Å². The van der Waals surface area contributed by atoms with Crippen LogP contribution >= 0.6 is 11.6 Å². The Morgan fingerprint density at radius 2 is 2.05 bits per heavy atom. The van der Waals surface area contributed by atoms with Crippen LogP contribution in [0.1, 0.15) is 11.4 Å². The van der Waals surface area contributed by atoms with E-state index in [2.05, 4.69) is 9.28 Å². The van der Waals surface area contributed by atoms with E-state index >= 15 is 0 Å². The van der Waals surface area contributed by atoms with Gasteiger partial charge in [-0.25, -0.2) is 9.07 Å². The first-order valence-electron chi connectivity index (χ1n) is 5.64. The fourth-order valence-corrected chi connectivity index (χ4v) is 2.33. The maximum absolute atomic E-state index is 14.0. The highest BCUT2D eigenvalue weighted by atomic mass is 35.5. The van der Waals surface area contributed by atoms with Crippen LogP contribution in [0.15, 0.2) is 24.3 Å². The summed E-state index contributed by atoms with van der Waals surface area (Å²) in [4.78, 5) is 0. The van der Waals surface area contributed by atoms with E-state index in [0.29, 0.717) is 0 Å². The predicted molar refractivity (Wildman–Crippen MR) is 73.3 cm³/mol. The monoisotopic (exact) mass is 318 g/mol. The Kier molecular flexibility index (Phi) is 4.01. The number of alkyl halides is 1. The third kappa shape index (κ3) is 3.10. The van der Waals surface area contributed by atoms with Crippen LogP contribution in [-0.2, 0) is 10.1 Å². The maximum atomic E-state index is 14.0. The first kappa shape index (κ1) is 14.8. The smallest absolute Gasteiger partial charge is 0.323 e. The summed E-state index contributed by atoms with van der Waals surface area (Å²) in [6.07, 6.45) is 0. The SMILES string of the molecule is Cc1cc(C)n(-c2ccc(OS(=O)(=O)CCl)cc2F)n1. The summed E-state index contributed by atoms with van der Waals surface area (Å²) < 4.78 is 42.5. The maximum Gasteiger partial charge on any atom is 0.323 e. The van der Waals surface area contributed by atoms with Crippen molar-refractivity contribution >= 4 is 21.7 Å². The van der Waals surface area contributed by atoms with Gasteiger partial charge < -0.3 is 4.18 Å². The molecule has 0 radical (unpaired) electrons. The van der Waals surface area contributed by atoms with Gasteiger partial charge in [-0.15, -0.1) is 11.6 Å². The highest BCUT2D eigenvalue weighted by Gasteiger charge is 2.14. The molecule has 0 atom stereocenters. The first-order valence-corrected chi connectivity index (χ1v) is 7.75. The molecule has 20 heavy (non-hydrogen) atoms. The van der Waals surface area contributed by atoms with E-state index in [1.54, 1.807) is 13.8 Å². The fraction of sp³-hybridized carbons (Fsp3) is 0.250. The molecule has 0 fully saturated rings. The lowest BCUT2D eigenvalue weighted by Crippen LogP contribution is -2.10. The van der Waals surface area contributed by atoms with Gasteiger partial charge in [0.2, 0.25) is 0 Å². The van der Waals surface area contributed by atoms with E-state index in [9.17, 15) is 12.8 Å². The molecule has 0 saturated heterocycles. The molecule has 1 aromatic carbocycles. The second kappa shape index (κ2) is 5.41.